The lowest BCUT2D eigenvalue weighted by Crippen LogP contribution is -2.50. The summed E-state index contributed by atoms with van der Waals surface area (Å²) in [6, 6.07) is -0.0110. The average Bonchev–Trinajstić information content (AvgIpc) is 2.25. The van der Waals surface area contributed by atoms with Crippen LogP contribution in [0.15, 0.2) is 0 Å². The van der Waals surface area contributed by atoms with Gasteiger partial charge < -0.3 is 5.73 Å². The molecule has 0 spiro atoms. The number of nitrogens with two attached hydrogens (primary N) is 1. The van der Waals surface area contributed by atoms with Crippen molar-refractivity contribution in [3.63, 3.8) is 0 Å². The lowest BCUT2D eigenvalue weighted by Gasteiger charge is -2.32. The number of hydrogen-bond acceptors (Lipinski definition) is 3. The molecule has 1 atom stereocenters. The highest BCUT2D eigenvalue weighted by Gasteiger charge is 2.30. The Balaban J connectivity index is 0.00000256. The minimum absolute atomic E-state index is 0. The average molecular weight is 286 g/mol. The number of piperidine rings is 1. The van der Waals surface area contributed by atoms with Gasteiger partial charge in [-0.2, -0.15) is 17.0 Å². The van der Waals surface area contributed by atoms with Gasteiger partial charge in [0, 0.05) is 32.7 Å². The lowest BCUT2D eigenvalue weighted by atomic mass is 10.1. The van der Waals surface area contributed by atoms with E-state index in [4.69, 9.17) is 5.73 Å². The van der Waals surface area contributed by atoms with Crippen LogP contribution in [0.1, 0.15) is 32.6 Å². The Morgan fingerprint density at radius 2 is 2.12 bits per heavy atom. The van der Waals surface area contributed by atoms with Crippen LogP contribution in [0.4, 0.5) is 0 Å². The number of halogens is 1. The Labute approximate surface area is 111 Å². The molecule has 5 nitrogen and oxygen atoms in total. The van der Waals surface area contributed by atoms with Crippen LogP contribution >= 0.6 is 12.4 Å². The second kappa shape index (κ2) is 7.53. The van der Waals surface area contributed by atoms with Gasteiger partial charge in [-0.05, 0) is 19.3 Å². The third-order valence-corrected chi connectivity index (χ3v) is 4.92. The maximum absolute atomic E-state index is 12.1. The number of unbranched alkanes of at least 4 members (excludes halogenated alkanes) is 1. The largest absolute Gasteiger partial charge is 0.327 e. The first-order chi connectivity index (χ1) is 7.48. The third-order valence-electron chi connectivity index (χ3n) is 2.97. The van der Waals surface area contributed by atoms with E-state index in [1.807, 2.05) is 0 Å². The summed E-state index contributed by atoms with van der Waals surface area (Å²) in [4.78, 5) is 0. The van der Waals surface area contributed by atoms with E-state index in [9.17, 15) is 8.42 Å². The molecule has 1 aliphatic heterocycles. The first-order valence-corrected chi connectivity index (χ1v) is 7.35. The summed E-state index contributed by atoms with van der Waals surface area (Å²) in [5.41, 5.74) is 5.80. The first kappa shape index (κ1) is 17.1. The molecule has 0 aliphatic carbocycles. The van der Waals surface area contributed by atoms with Crippen LogP contribution < -0.4 is 5.73 Å². The molecule has 0 bridgehead atoms. The molecule has 1 aliphatic rings. The molecule has 7 heteroatoms. The van der Waals surface area contributed by atoms with Crippen LogP contribution in [0.3, 0.4) is 0 Å². The molecule has 0 aromatic carbocycles. The molecule has 0 radical (unpaired) electrons. The van der Waals surface area contributed by atoms with Crippen molar-refractivity contribution in [3.8, 4) is 0 Å². The number of rotatable bonds is 5. The van der Waals surface area contributed by atoms with Gasteiger partial charge in [-0.15, -0.1) is 12.4 Å². The Bertz CT molecular complexity index is 311. The molecule has 1 rings (SSSR count). The Morgan fingerprint density at radius 3 is 2.65 bits per heavy atom. The highest BCUT2D eigenvalue weighted by molar-refractivity contribution is 7.86. The fraction of sp³-hybridized carbons (Fsp3) is 1.00. The fourth-order valence-electron chi connectivity index (χ4n) is 1.88. The summed E-state index contributed by atoms with van der Waals surface area (Å²) in [5.74, 6) is 0. The topological polar surface area (TPSA) is 66.6 Å². The van der Waals surface area contributed by atoms with Crippen LogP contribution in [0.25, 0.3) is 0 Å². The van der Waals surface area contributed by atoms with Crippen LogP contribution in [-0.4, -0.2) is 49.8 Å². The van der Waals surface area contributed by atoms with Gasteiger partial charge in [0.2, 0.25) is 0 Å². The van der Waals surface area contributed by atoms with Crippen molar-refractivity contribution in [2.24, 2.45) is 5.73 Å². The standard InChI is InChI=1S/C10H23N3O2S.ClH/c1-3-4-7-12(2)16(14,15)13-8-5-6-10(11)9-13;/h10H,3-9,11H2,1-2H3;1H. The van der Waals surface area contributed by atoms with Crippen molar-refractivity contribution in [1.82, 2.24) is 8.61 Å². The van der Waals surface area contributed by atoms with Crippen molar-refractivity contribution in [2.45, 2.75) is 38.6 Å². The van der Waals surface area contributed by atoms with Crippen molar-refractivity contribution < 1.29 is 8.42 Å². The second-order valence-corrected chi connectivity index (χ2v) is 6.48. The van der Waals surface area contributed by atoms with Crippen LogP contribution in [0.5, 0.6) is 0 Å². The molecule has 0 saturated carbocycles. The zero-order valence-electron chi connectivity index (χ0n) is 10.6. The van der Waals surface area contributed by atoms with E-state index in [0.29, 0.717) is 19.6 Å². The predicted molar refractivity (Wildman–Crippen MR) is 72.5 cm³/mol. The van der Waals surface area contributed by atoms with Crippen molar-refractivity contribution in [1.29, 1.82) is 0 Å². The minimum atomic E-state index is -3.28. The summed E-state index contributed by atoms with van der Waals surface area (Å²) in [6.45, 7) is 3.70. The van der Waals surface area contributed by atoms with Crippen molar-refractivity contribution in [3.05, 3.63) is 0 Å². The molecule has 1 heterocycles. The van der Waals surface area contributed by atoms with E-state index in [0.717, 1.165) is 25.7 Å². The lowest BCUT2D eigenvalue weighted by molar-refractivity contribution is 0.292. The fourth-order valence-corrected chi connectivity index (χ4v) is 3.37. The highest BCUT2D eigenvalue weighted by Crippen LogP contribution is 2.15. The molecular formula is C10H24ClN3O2S. The summed E-state index contributed by atoms with van der Waals surface area (Å²) in [5, 5.41) is 0. The normalized spacial score (nSPS) is 22.5. The summed E-state index contributed by atoms with van der Waals surface area (Å²) >= 11 is 0. The number of nitrogens with zero attached hydrogens (tertiary/aromatic N) is 2. The van der Waals surface area contributed by atoms with Gasteiger partial charge in [0.05, 0.1) is 0 Å². The molecule has 104 valence electrons. The maximum Gasteiger partial charge on any atom is 0.281 e. The molecule has 1 fully saturated rings. The van der Waals surface area contributed by atoms with Gasteiger partial charge in [-0.1, -0.05) is 13.3 Å². The van der Waals surface area contributed by atoms with E-state index < -0.39 is 10.2 Å². The zero-order chi connectivity index (χ0) is 12.2. The second-order valence-electron chi connectivity index (χ2n) is 4.44. The van der Waals surface area contributed by atoms with Gasteiger partial charge in [-0.3, -0.25) is 0 Å². The minimum Gasteiger partial charge on any atom is -0.327 e. The van der Waals surface area contributed by atoms with E-state index in [1.165, 1.54) is 8.61 Å². The van der Waals surface area contributed by atoms with E-state index >= 15 is 0 Å². The first-order valence-electron chi connectivity index (χ1n) is 5.95. The van der Waals surface area contributed by atoms with Crippen molar-refractivity contribution in [2.75, 3.05) is 26.7 Å². The Hall–Kier alpha value is 0.120. The predicted octanol–water partition coefficient (Wildman–Crippen LogP) is 0.808. The van der Waals surface area contributed by atoms with Crippen LogP contribution in [0, 0.1) is 0 Å². The smallest absolute Gasteiger partial charge is 0.281 e. The molecule has 0 aromatic heterocycles. The summed E-state index contributed by atoms with van der Waals surface area (Å²) < 4.78 is 27.2. The Morgan fingerprint density at radius 1 is 1.47 bits per heavy atom. The molecule has 0 aromatic rings. The van der Waals surface area contributed by atoms with Gasteiger partial charge >= 0.3 is 0 Å². The third kappa shape index (κ3) is 4.71. The quantitative estimate of drug-likeness (QED) is 0.813. The highest BCUT2D eigenvalue weighted by atomic mass is 35.5. The SMILES string of the molecule is CCCCN(C)S(=O)(=O)N1CCCC(N)C1.Cl. The van der Waals surface area contributed by atoms with E-state index in [-0.39, 0.29) is 18.4 Å². The van der Waals surface area contributed by atoms with Gasteiger partial charge in [0.1, 0.15) is 0 Å². The Kier molecular flexibility index (Phi) is 7.58. The molecule has 2 N–H and O–H groups in total. The van der Waals surface area contributed by atoms with E-state index in [2.05, 4.69) is 6.92 Å². The molecular weight excluding hydrogens is 262 g/mol. The number of hydrogen-bond donors (Lipinski definition) is 1. The molecule has 17 heavy (non-hydrogen) atoms. The van der Waals surface area contributed by atoms with Crippen molar-refractivity contribution >= 4 is 22.6 Å². The molecule has 1 saturated heterocycles. The molecule has 0 amide bonds. The maximum atomic E-state index is 12.1. The zero-order valence-corrected chi connectivity index (χ0v) is 12.3. The van der Waals surface area contributed by atoms with Gasteiger partial charge in [0.25, 0.3) is 10.2 Å². The van der Waals surface area contributed by atoms with Crippen LogP contribution in [-0.2, 0) is 10.2 Å². The summed E-state index contributed by atoms with van der Waals surface area (Å²) in [7, 11) is -1.64. The monoisotopic (exact) mass is 285 g/mol. The van der Waals surface area contributed by atoms with Crippen LogP contribution in [0.2, 0.25) is 0 Å². The van der Waals surface area contributed by atoms with Gasteiger partial charge in [-0.25, -0.2) is 0 Å². The molecule has 1 unspecified atom stereocenters. The van der Waals surface area contributed by atoms with E-state index in [1.54, 1.807) is 7.05 Å². The van der Waals surface area contributed by atoms with Gasteiger partial charge in [0.15, 0.2) is 0 Å². The summed E-state index contributed by atoms with van der Waals surface area (Å²) in [6.07, 6.45) is 3.68.